The fraction of sp³-hybridized carbons (Fsp3) is 0.409. The number of halogens is 1. The van der Waals surface area contributed by atoms with E-state index in [1.807, 2.05) is 45.2 Å². The first-order chi connectivity index (χ1) is 29.4. The summed E-state index contributed by atoms with van der Waals surface area (Å²) in [6, 6.07) is 14.8. The first-order valence-electron chi connectivity index (χ1n) is 20.9. The number of carbonyl (C=O) groups is 3. The first-order valence-corrected chi connectivity index (χ1v) is 20.9. The number of likely N-dealkylation sites (tertiary alicyclic amines) is 1. The molecule has 0 aliphatic carbocycles. The molecule has 2 aromatic carbocycles. The molecule has 3 saturated heterocycles. The summed E-state index contributed by atoms with van der Waals surface area (Å²) in [6.45, 7) is 11.3. The summed E-state index contributed by atoms with van der Waals surface area (Å²) in [6.07, 6.45) is 10.1. The minimum Gasteiger partial charge on any atom is -0.372 e. The Morgan fingerprint density at radius 3 is 2.43 bits per heavy atom. The number of piperidine rings is 2. The van der Waals surface area contributed by atoms with Gasteiger partial charge in [-0.2, -0.15) is 10.1 Å². The Kier molecular flexibility index (Phi) is 10.8. The lowest BCUT2D eigenvalue weighted by molar-refractivity contribution is -0.120. The minimum atomic E-state index is -0.573. The molecule has 17 heteroatoms. The van der Waals surface area contributed by atoms with Crippen LogP contribution in [0.1, 0.15) is 81.0 Å². The Labute approximate surface area is 351 Å². The van der Waals surface area contributed by atoms with Crippen LogP contribution in [0.2, 0.25) is 0 Å². The molecule has 61 heavy (non-hydrogen) atoms. The summed E-state index contributed by atoms with van der Waals surface area (Å²) in [5, 5.41) is 14.5. The Balaban J connectivity index is 0.766. The molecule has 0 radical (unpaired) electrons. The van der Waals surface area contributed by atoms with Gasteiger partial charge in [0.1, 0.15) is 17.8 Å². The SMILES string of the molecule is CC(C)(C)c1noc(C(=O)NCc2ccc(-c3ncnc4[nH]c(-c5cnn(C6CCN(CC7CCN(c8ccc(N9CCC(=O)NC9=O)cc8)CC7)CC6)c5)cc34)cc2F)n1. The van der Waals surface area contributed by atoms with Crippen molar-refractivity contribution in [1.82, 2.24) is 50.4 Å². The maximum Gasteiger partial charge on any atom is 0.328 e. The summed E-state index contributed by atoms with van der Waals surface area (Å²) in [7, 11) is 0. The molecule has 316 valence electrons. The van der Waals surface area contributed by atoms with Crippen molar-refractivity contribution in [2.45, 2.75) is 70.9 Å². The predicted octanol–water partition coefficient (Wildman–Crippen LogP) is 6.24. The van der Waals surface area contributed by atoms with Gasteiger partial charge in [0, 0.05) is 97.3 Å². The number of rotatable bonds is 10. The van der Waals surface area contributed by atoms with Crippen LogP contribution in [-0.4, -0.2) is 96.9 Å². The molecular formula is C44H49FN12O4. The molecular weight excluding hydrogens is 780 g/mol. The fourth-order valence-electron chi connectivity index (χ4n) is 8.47. The van der Waals surface area contributed by atoms with Crippen LogP contribution in [0.15, 0.2) is 71.8 Å². The zero-order valence-corrected chi connectivity index (χ0v) is 34.5. The maximum atomic E-state index is 15.4. The molecule has 0 bridgehead atoms. The number of hydrogen-bond donors (Lipinski definition) is 3. The number of anilines is 2. The molecule has 3 fully saturated rings. The van der Waals surface area contributed by atoms with Gasteiger partial charge in [-0.15, -0.1) is 0 Å². The second-order valence-electron chi connectivity index (χ2n) is 17.3. The third-order valence-corrected chi connectivity index (χ3v) is 12.0. The second kappa shape index (κ2) is 16.5. The number of amides is 4. The number of aromatic nitrogens is 7. The normalized spacial score (nSPS) is 17.3. The highest BCUT2D eigenvalue weighted by Crippen LogP contribution is 2.33. The number of imide groups is 1. The highest BCUT2D eigenvalue weighted by molar-refractivity contribution is 6.05. The van der Waals surface area contributed by atoms with Crippen LogP contribution in [0, 0.1) is 11.7 Å². The van der Waals surface area contributed by atoms with E-state index in [9.17, 15) is 14.4 Å². The van der Waals surface area contributed by atoms with E-state index in [1.54, 1.807) is 17.0 Å². The lowest BCUT2D eigenvalue weighted by Gasteiger charge is -2.38. The van der Waals surface area contributed by atoms with Crippen LogP contribution in [-0.2, 0) is 16.8 Å². The number of urea groups is 1. The second-order valence-corrected chi connectivity index (χ2v) is 17.3. The number of carbonyl (C=O) groups excluding carboxylic acids is 3. The molecule has 7 heterocycles. The van der Waals surface area contributed by atoms with Crippen molar-refractivity contribution >= 4 is 40.3 Å². The number of benzene rings is 2. The van der Waals surface area contributed by atoms with E-state index in [4.69, 9.17) is 9.62 Å². The number of nitrogens with one attached hydrogen (secondary N) is 3. The summed E-state index contributed by atoms with van der Waals surface area (Å²) >= 11 is 0. The van der Waals surface area contributed by atoms with Gasteiger partial charge in [-0.1, -0.05) is 38.1 Å². The topological polar surface area (TPSA) is 183 Å². The van der Waals surface area contributed by atoms with Gasteiger partial charge in [0.15, 0.2) is 5.82 Å². The lowest BCUT2D eigenvalue weighted by atomic mass is 9.94. The molecule has 9 rings (SSSR count). The minimum absolute atomic E-state index is 0.0535. The molecule has 16 nitrogen and oxygen atoms in total. The van der Waals surface area contributed by atoms with E-state index in [0.29, 0.717) is 53.2 Å². The van der Waals surface area contributed by atoms with E-state index in [1.165, 1.54) is 12.4 Å². The van der Waals surface area contributed by atoms with Crippen molar-refractivity contribution in [2.24, 2.45) is 5.92 Å². The van der Waals surface area contributed by atoms with Crippen molar-refractivity contribution in [3.63, 3.8) is 0 Å². The molecule has 0 spiro atoms. The largest absolute Gasteiger partial charge is 0.372 e. The fourth-order valence-corrected chi connectivity index (χ4v) is 8.47. The molecule has 6 aromatic rings. The van der Waals surface area contributed by atoms with Crippen molar-refractivity contribution in [1.29, 1.82) is 0 Å². The smallest absolute Gasteiger partial charge is 0.328 e. The first kappa shape index (κ1) is 39.9. The number of hydrogen-bond acceptors (Lipinski definition) is 11. The zero-order valence-electron chi connectivity index (χ0n) is 34.5. The highest BCUT2D eigenvalue weighted by Gasteiger charge is 2.28. The van der Waals surface area contributed by atoms with Crippen LogP contribution < -0.4 is 20.4 Å². The van der Waals surface area contributed by atoms with E-state index in [0.717, 1.165) is 86.4 Å². The quantitative estimate of drug-likeness (QED) is 0.142. The molecule has 3 aliphatic rings. The third-order valence-electron chi connectivity index (χ3n) is 12.0. The van der Waals surface area contributed by atoms with Crippen molar-refractivity contribution < 1.29 is 23.3 Å². The summed E-state index contributed by atoms with van der Waals surface area (Å²) in [5.41, 5.74) is 5.50. The Morgan fingerprint density at radius 1 is 0.934 bits per heavy atom. The summed E-state index contributed by atoms with van der Waals surface area (Å²) in [5.74, 6) is -0.380. The van der Waals surface area contributed by atoms with E-state index in [-0.39, 0.29) is 29.8 Å². The van der Waals surface area contributed by atoms with Gasteiger partial charge in [-0.05, 0) is 68.0 Å². The summed E-state index contributed by atoms with van der Waals surface area (Å²) in [4.78, 5) is 59.6. The molecule has 0 unspecified atom stereocenters. The molecule has 3 aliphatic heterocycles. The zero-order chi connectivity index (χ0) is 42.3. The monoisotopic (exact) mass is 828 g/mol. The van der Waals surface area contributed by atoms with Crippen molar-refractivity contribution in [3.05, 3.63) is 90.3 Å². The average molecular weight is 829 g/mol. The molecule has 4 aromatic heterocycles. The third kappa shape index (κ3) is 8.60. The Hall–Kier alpha value is -6.49. The molecule has 4 amide bonds. The van der Waals surface area contributed by atoms with Crippen LogP contribution >= 0.6 is 0 Å². The van der Waals surface area contributed by atoms with Gasteiger partial charge < -0.3 is 24.6 Å². The molecule has 0 saturated carbocycles. The van der Waals surface area contributed by atoms with Gasteiger partial charge in [0.25, 0.3) is 0 Å². The number of fused-ring (bicyclic) bond motifs is 1. The van der Waals surface area contributed by atoms with Gasteiger partial charge in [0.2, 0.25) is 5.91 Å². The van der Waals surface area contributed by atoms with Gasteiger partial charge in [-0.3, -0.25) is 24.5 Å². The summed E-state index contributed by atoms with van der Waals surface area (Å²) < 4.78 is 22.6. The van der Waals surface area contributed by atoms with Crippen LogP contribution in [0.5, 0.6) is 0 Å². The predicted molar refractivity (Wildman–Crippen MR) is 226 cm³/mol. The molecule has 0 atom stereocenters. The average Bonchev–Trinajstić information content (AvgIpc) is 4.05. The maximum absolute atomic E-state index is 15.4. The number of nitrogens with zero attached hydrogens (tertiary/aromatic N) is 9. The van der Waals surface area contributed by atoms with Gasteiger partial charge in [0.05, 0.1) is 23.6 Å². The standard InChI is InChI=1S/C44H49FN12O4/c1-44(2,3)42-52-41(61-53-42)40(59)46-22-29-5-4-28(20-35(29)45)38-34-21-36(50-39(34)48-26-47-38)30-23-49-57(25-30)33-12-15-54(16-13-33)24-27-10-17-55(18-11-27)31-6-8-32(9-7-31)56-19-14-37(58)51-43(56)60/h4-9,20-21,23,25-27,33H,10-19,22,24H2,1-3H3,(H,46,59)(H,47,48,50)(H,51,58,60). The van der Waals surface area contributed by atoms with E-state index < -0.39 is 11.7 Å². The highest BCUT2D eigenvalue weighted by atomic mass is 19.1. The number of H-pyrrole nitrogens is 1. The van der Waals surface area contributed by atoms with Crippen LogP contribution in [0.4, 0.5) is 20.6 Å². The van der Waals surface area contributed by atoms with E-state index >= 15 is 4.39 Å². The van der Waals surface area contributed by atoms with E-state index in [2.05, 4.69) is 68.5 Å². The van der Waals surface area contributed by atoms with Crippen molar-refractivity contribution in [2.75, 3.05) is 49.1 Å². The van der Waals surface area contributed by atoms with Crippen LogP contribution in [0.25, 0.3) is 33.5 Å². The molecule has 3 N–H and O–H groups in total. The van der Waals surface area contributed by atoms with Gasteiger partial charge >= 0.3 is 17.8 Å². The Morgan fingerprint density at radius 2 is 1.70 bits per heavy atom. The Bertz CT molecular complexity index is 2560. The van der Waals surface area contributed by atoms with Crippen molar-refractivity contribution in [3.8, 4) is 22.5 Å². The van der Waals surface area contributed by atoms with Gasteiger partial charge in [-0.25, -0.2) is 19.2 Å². The van der Waals surface area contributed by atoms with Crippen LogP contribution in [0.3, 0.4) is 0 Å². The lowest BCUT2D eigenvalue weighted by Crippen LogP contribution is -2.49. The number of aromatic amines is 1.